The smallest absolute Gasteiger partial charge is 0.225 e. The molecule has 3 rings (SSSR count). The van der Waals surface area contributed by atoms with Crippen LogP contribution >= 0.6 is 11.6 Å². The predicted molar refractivity (Wildman–Crippen MR) is 58.9 cm³/mol. The Balaban J connectivity index is 1.95. The molecule has 0 N–H and O–H groups in total. The van der Waals surface area contributed by atoms with E-state index in [2.05, 4.69) is 21.7 Å². The molecule has 0 aliphatic heterocycles. The van der Waals surface area contributed by atoms with E-state index < -0.39 is 0 Å². The Morgan fingerprint density at radius 1 is 1.33 bits per heavy atom. The SMILES string of the molecule is CCc1nnc(Cl)n1C1CC2CCC1C2. The number of hydrogen-bond acceptors (Lipinski definition) is 2. The van der Waals surface area contributed by atoms with Crippen molar-refractivity contribution in [3.8, 4) is 0 Å². The van der Waals surface area contributed by atoms with E-state index in [0.717, 1.165) is 24.1 Å². The summed E-state index contributed by atoms with van der Waals surface area (Å²) in [4.78, 5) is 0. The lowest BCUT2D eigenvalue weighted by Gasteiger charge is -2.24. The highest BCUT2D eigenvalue weighted by atomic mass is 35.5. The standard InChI is InChI=1S/C11H16ClN3/c1-2-10-13-14-11(12)15(10)9-6-7-3-4-8(9)5-7/h7-9H,2-6H2,1H3. The van der Waals surface area contributed by atoms with Crippen LogP contribution in [0.25, 0.3) is 0 Å². The monoisotopic (exact) mass is 225 g/mol. The van der Waals surface area contributed by atoms with Gasteiger partial charge in [-0.1, -0.05) is 13.3 Å². The minimum Gasteiger partial charge on any atom is -0.298 e. The zero-order valence-corrected chi connectivity index (χ0v) is 9.74. The van der Waals surface area contributed by atoms with Crippen LogP contribution in [0.5, 0.6) is 0 Å². The van der Waals surface area contributed by atoms with Gasteiger partial charge in [-0.2, -0.15) is 0 Å². The van der Waals surface area contributed by atoms with E-state index in [1.54, 1.807) is 0 Å². The summed E-state index contributed by atoms with van der Waals surface area (Å²) in [6.07, 6.45) is 6.39. The zero-order valence-electron chi connectivity index (χ0n) is 8.99. The molecule has 0 spiro atoms. The lowest BCUT2D eigenvalue weighted by Crippen LogP contribution is -2.18. The van der Waals surface area contributed by atoms with Crippen LogP contribution in [0.15, 0.2) is 0 Å². The summed E-state index contributed by atoms with van der Waals surface area (Å²) in [6.45, 7) is 2.12. The van der Waals surface area contributed by atoms with Crippen LogP contribution in [0.1, 0.15) is 44.5 Å². The third-order valence-electron chi connectivity index (χ3n) is 4.07. The summed E-state index contributed by atoms with van der Waals surface area (Å²) in [6, 6.07) is 0.584. The number of hydrogen-bond donors (Lipinski definition) is 0. The Morgan fingerprint density at radius 2 is 2.20 bits per heavy atom. The maximum atomic E-state index is 6.13. The van der Waals surface area contributed by atoms with Crippen molar-refractivity contribution in [1.29, 1.82) is 0 Å². The molecule has 2 aliphatic carbocycles. The van der Waals surface area contributed by atoms with E-state index in [9.17, 15) is 0 Å². The Labute approximate surface area is 94.8 Å². The molecular weight excluding hydrogens is 210 g/mol. The number of aromatic nitrogens is 3. The Hall–Kier alpha value is -0.570. The van der Waals surface area contributed by atoms with Gasteiger partial charge in [-0.15, -0.1) is 10.2 Å². The topological polar surface area (TPSA) is 30.7 Å². The fourth-order valence-electron chi connectivity index (χ4n) is 3.40. The highest BCUT2D eigenvalue weighted by Crippen LogP contribution is 2.51. The van der Waals surface area contributed by atoms with Gasteiger partial charge < -0.3 is 0 Å². The average Bonchev–Trinajstić information content (AvgIpc) is 2.90. The molecule has 1 aromatic rings. The molecule has 3 unspecified atom stereocenters. The van der Waals surface area contributed by atoms with Crippen molar-refractivity contribution in [1.82, 2.24) is 14.8 Å². The Morgan fingerprint density at radius 3 is 2.80 bits per heavy atom. The fourth-order valence-corrected chi connectivity index (χ4v) is 3.66. The molecular formula is C11H16ClN3. The third-order valence-corrected chi connectivity index (χ3v) is 4.33. The van der Waals surface area contributed by atoms with Crippen molar-refractivity contribution >= 4 is 11.6 Å². The molecule has 15 heavy (non-hydrogen) atoms. The molecule has 4 heteroatoms. The lowest BCUT2D eigenvalue weighted by atomic mass is 9.95. The minimum atomic E-state index is 0.584. The van der Waals surface area contributed by atoms with Gasteiger partial charge >= 0.3 is 0 Å². The average molecular weight is 226 g/mol. The second kappa shape index (κ2) is 3.48. The van der Waals surface area contributed by atoms with Gasteiger partial charge in [0, 0.05) is 12.5 Å². The molecule has 0 aromatic carbocycles. The summed E-state index contributed by atoms with van der Waals surface area (Å²) in [5, 5.41) is 8.72. The van der Waals surface area contributed by atoms with Gasteiger partial charge in [-0.3, -0.25) is 4.57 Å². The third kappa shape index (κ3) is 1.40. The van der Waals surface area contributed by atoms with Crippen LogP contribution in [0.3, 0.4) is 0 Å². The first-order chi connectivity index (χ1) is 7.29. The van der Waals surface area contributed by atoms with Gasteiger partial charge in [0.1, 0.15) is 5.82 Å². The fraction of sp³-hybridized carbons (Fsp3) is 0.818. The van der Waals surface area contributed by atoms with Crippen molar-refractivity contribution in [3.63, 3.8) is 0 Å². The molecule has 3 atom stereocenters. The maximum Gasteiger partial charge on any atom is 0.225 e. The van der Waals surface area contributed by atoms with Crippen LogP contribution in [0.2, 0.25) is 5.28 Å². The Kier molecular flexibility index (Phi) is 2.23. The second-order valence-corrected chi connectivity index (χ2v) is 5.19. The highest BCUT2D eigenvalue weighted by molar-refractivity contribution is 6.28. The molecule has 2 fully saturated rings. The van der Waals surface area contributed by atoms with Gasteiger partial charge in [-0.25, -0.2) is 0 Å². The van der Waals surface area contributed by atoms with E-state index in [1.807, 2.05) is 0 Å². The number of fused-ring (bicyclic) bond motifs is 2. The van der Waals surface area contributed by atoms with Crippen LogP contribution in [-0.4, -0.2) is 14.8 Å². The van der Waals surface area contributed by atoms with Crippen molar-refractivity contribution < 1.29 is 0 Å². The first-order valence-electron chi connectivity index (χ1n) is 5.89. The number of aryl methyl sites for hydroxylation is 1. The van der Waals surface area contributed by atoms with Gasteiger partial charge in [0.15, 0.2) is 0 Å². The highest BCUT2D eigenvalue weighted by Gasteiger charge is 2.41. The molecule has 2 aliphatic rings. The van der Waals surface area contributed by atoms with Gasteiger partial charge in [0.2, 0.25) is 5.28 Å². The van der Waals surface area contributed by atoms with Crippen molar-refractivity contribution in [2.24, 2.45) is 11.8 Å². The van der Waals surface area contributed by atoms with Crippen molar-refractivity contribution in [2.45, 2.75) is 45.1 Å². The zero-order chi connectivity index (χ0) is 10.4. The van der Waals surface area contributed by atoms with Crippen LogP contribution in [-0.2, 0) is 6.42 Å². The van der Waals surface area contributed by atoms with Crippen LogP contribution in [0.4, 0.5) is 0 Å². The molecule has 0 amide bonds. The summed E-state index contributed by atoms with van der Waals surface area (Å²) in [5.74, 6) is 2.81. The number of nitrogens with zero attached hydrogens (tertiary/aromatic N) is 3. The van der Waals surface area contributed by atoms with E-state index in [4.69, 9.17) is 11.6 Å². The predicted octanol–water partition coefficient (Wildman–Crippen LogP) is 2.86. The maximum absolute atomic E-state index is 6.13. The molecule has 0 saturated heterocycles. The van der Waals surface area contributed by atoms with E-state index in [-0.39, 0.29) is 0 Å². The van der Waals surface area contributed by atoms with Crippen molar-refractivity contribution in [3.05, 3.63) is 11.1 Å². The molecule has 2 saturated carbocycles. The van der Waals surface area contributed by atoms with Crippen molar-refractivity contribution in [2.75, 3.05) is 0 Å². The van der Waals surface area contributed by atoms with Gasteiger partial charge in [0.05, 0.1) is 0 Å². The largest absolute Gasteiger partial charge is 0.298 e. The molecule has 1 heterocycles. The van der Waals surface area contributed by atoms with Gasteiger partial charge in [0.25, 0.3) is 0 Å². The summed E-state index contributed by atoms with van der Waals surface area (Å²) in [5.41, 5.74) is 0. The van der Waals surface area contributed by atoms with Crippen LogP contribution < -0.4 is 0 Å². The molecule has 3 nitrogen and oxygen atoms in total. The van der Waals surface area contributed by atoms with Gasteiger partial charge in [-0.05, 0) is 42.7 Å². The first kappa shape index (κ1) is 9.64. The first-order valence-corrected chi connectivity index (χ1v) is 6.26. The second-order valence-electron chi connectivity index (χ2n) is 4.85. The van der Waals surface area contributed by atoms with E-state index in [0.29, 0.717) is 11.3 Å². The number of rotatable bonds is 2. The quantitative estimate of drug-likeness (QED) is 0.775. The minimum absolute atomic E-state index is 0.584. The Bertz CT molecular complexity index is 374. The summed E-state index contributed by atoms with van der Waals surface area (Å²) >= 11 is 6.13. The lowest BCUT2D eigenvalue weighted by molar-refractivity contribution is 0.323. The van der Waals surface area contributed by atoms with E-state index in [1.165, 1.54) is 25.7 Å². The number of halogens is 1. The molecule has 0 radical (unpaired) electrons. The molecule has 2 bridgehead atoms. The normalized spacial score (nSPS) is 33.9. The molecule has 1 aromatic heterocycles. The summed E-state index contributed by atoms with van der Waals surface area (Å²) < 4.78 is 2.19. The summed E-state index contributed by atoms with van der Waals surface area (Å²) in [7, 11) is 0. The molecule has 82 valence electrons. The van der Waals surface area contributed by atoms with Crippen LogP contribution in [0, 0.1) is 11.8 Å². The van der Waals surface area contributed by atoms with E-state index >= 15 is 0 Å².